The number of halogens is 4. The second kappa shape index (κ2) is 6.49. The van der Waals surface area contributed by atoms with Crippen LogP contribution in [0.25, 0.3) is 0 Å². The van der Waals surface area contributed by atoms with Gasteiger partial charge in [-0.1, -0.05) is 22.0 Å². The van der Waals surface area contributed by atoms with E-state index in [-0.39, 0.29) is 11.7 Å². The summed E-state index contributed by atoms with van der Waals surface area (Å²) in [6.07, 6.45) is 0. The van der Waals surface area contributed by atoms with Gasteiger partial charge in [0.15, 0.2) is 0 Å². The molecule has 0 spiro atoms. The molecule has 0 aliphatic heterocycles. The van der Waals surface area contributed by atoms with Crippen molar-refractivity contribution < 1.29 is 9.18 Å². The van der Waals surface area contributed by atoms with Crippen LogP contribution in [-0.4, -0.2) is 5.91 Å². The highest BCUT2D eigenvalue weighted by Crippen LogP contribution is 2.23. The van der Waals surface area contributed by atoms with E-state index < -0.39 is 0 Å². The molecule has 2 aromatic carbocycles. The molecule has 98 valence electrons. The molecule has 0 saturated carbocycles. The van der Waals surface area contributed by atoms with Crippen molar-refractivity contribution >= 4 is 72.7 Å². The van der Waals surface area contributed by atoms with Crippen LogP contribution in [0.1, 0.15) is 10.4 Å². The third-order valence-corrected chi connectivity index (χ3v) is 4.90. The fourth-order valence-corrected chi connectivity index (χ4v) is 2.90. The van der Waals surface area contributed by atoms with Gasteiger partial charge in [0.2, 0.25) is 0 Å². The minimum Gasteiger partial charge on any atom is -0.321 e. The molecule has 2 aromatic rings. The number of benzene rings is 2. The van der Waals surface area contributed by atoms with Crippen LogP contribution < -0.4 is 5.32 Å². The minimum atomic E-state index is -0.345. The highest BCUT2D eigenvalue weighted by Gasteiger charge is 2.13. The lowest BCUT2D eigenvalue weighted by molar-refractivity contribution is 0.102. The van der Waals surface area contributed by atoms with Crippen LogP contribution in [0, 0.1) is 13.0 Å². The van der Waals surface area contributed by atoms with Gasteiger partial charge in [-0.3, -0.25) is 4.79 Å². The monoisotopic (exact) mass is 545 g/mol. The minimum absolute atomic E-state index is 0.255. The molecular weight excluding hydrogens is 539 g/mol. The van der Waals surface area contributed by atoms with Crippen LogP contribution >= 0.6 is 61.1 Å². The molecule has 6 heteroatoms. The van der Waals surface area contributed by atoms with Crippen molar-refractivity contribution in [1.29, 1.82) is 0 Å². The van der Waals surface area contributed by atoms with Gasteiger partial charge in [-0.25, -0.2) is 4.39 Å². The number of amides is 1. The van der Waals surface area contributed by atoms with Crippen molar-refractivity contribution in [3.8, 4) is 0 Å². The summed E-state index contributed by atoms with van der Waals surface area (Å²) in [5.41, 5.74) is 1.02. The maximum absolute atomic E-state index is 13.4. The highest BCUT2D eigenvalue weighted by molar-refractivity contribution is 14.1. The number of carbonyl (C=O) groups excluding carboxylic acids is 1. The van der Waals surface area contributed by atoms with E-state index in [1.54, 1.807) is 18.2 Å². The average Bonchev–Trinajstić information content (AvgIpc) is 2.38. The zero-order chi connectivity index (χ0) is 14.0. The van der Waals surface area contributed by atoms with Gasteiger partial charge in [0.25, 0.3) is 5.91 Å². The third kappa shape index (κ3) is 3.66. The van der Waals surface area contributed by atoms with Crippen LogP contribution in [0.3, 0.4) is 0 Å². The van der Waals surface area contributed by atoms with Crippen molar-refractivity contribution in [2.45, 2.75) is 0 Å². The third-order valence-electron chi connectivity index (χ3n) is 2.37. The Hall–Kier alpha value is -0.220. The predicted molar refractivity (Wildman–Crippen MR) is 93.9 cm³/mol. The van der Waals surface area contributed by atoms with Gasteiger partial charge >= 0.3 is 0 Å². The second-order valence-electron chi connectivity index (χ2n) is 3.68. The lowest BCUT2D eigenvalue weighted by Gasteiger charge is -2.09. The molecule has 2 nitrogen and oxygen atoms in total. The quantitative estimate of drug-likeness (QED) is 0.526. The number of hydrogen-bond acceptors (Lipinski definition) is 1. The lowest BCUT2D eigenvalue weighted by atomic mass is 10.2. The van der Waals surface area contributed by atoms with Crippen molar-refractivity contribution in [1.82, 2.24) is 0 Å². The molecule has 0 aliphatic rings. The number of hydrogen-bond donors (Lipinski definition) is 1. The first kappa shape index (κ1) is 15.2. The summed E-state index contributed by atoms with van der Waals surface area (Å²) in [7, 11) is 0. The number of carbonyl (C=O) groups is 1. The van der Waals surface area contributed by atoms with Gasteiger partial charge in [-0.15, -0.1) is 0 Å². The topological polar surface area (TPSA) is 29.1 Å². The average molecular weight is 546 g/mol. The molecule has 0 atom stereocenters. The first-order valence-electron chi connectivity index (χ1n) is 5.19. The molecule has 2 rings (SSSR count). The van der Waals surface area contributed by atoms with Crippen molar-refractivity contribution in [3.63, 3.8) is 0 Å². The van der Waals surface area contributed by atoms with E-state index in [2.05, 4.69) is 43.8 Å². The van der Waals surface area contributed by atoms with Gasteiger partial charge in [-0.2, -0.15) is 0 Å². The van der Waals surface area contributed by atoms with Crippen molar-refractivity contribution in [2.24, 2.45) is 0 Å². The van der Waals surface area contributed by atoms with E-state index in [0.717, 1.165) is 8.04 Å². The summed E-state index contributed by atoms with van der Waals surface area (Å²) < 4.78 is 15.5. The van der Waals surface area contributed by atoms with Crippen LogP contribution in [0.2, 0.25) is 0 Å². The molecule has 0 aromatic heterocycles. The largest absolute Gasteiger partial charge is 0.321 e. The smallest absolute Gasteiger partial charge is 0.256 e. The molecule has 0 unspecified atom stereocenters. The van der Waals surface area contributed by atoms with E-state index >= 15 is 0 Å². The summed E-state index contributed by atoms with van der Waals surface area (Å²) in [6.45, 7) is 0. The molecule has 19 heavy (non-hydrogen) atoms. The van der Waals surface area contributed by atoms with E-state index in [1.807, 2.05) is 34.7 Å². The van der Waals surface area contributed by atoms with E-state index in [9.17, 15) is 9.18 Å². The first-order valence-corrected chi connectivity index (χ1v) is 8.14. The molecule has 0 heterocycles. The Labute approximate surface area is 145 Å². The summed E-state index contributed by atoms with van der Waals surface area (Å²) >= 11 is 7.30. The normalized spacial score (nSPS) is 10.3. The van der Waals surface area contributed by atoms with Gasteiger partial charge < -0.3 is 5.32 Å². The molecule has 0 fully saturated rings. The zero-order valence-corrected chi connectivity index (χ0v) is 15.3. The van der Waals surface area contributed by atoms with Crippen LogP contribution in [-0.2, 0) is 0 Å². The molecule has 0 bridgehead atoms. The summed E-state index contributed by atoms with van der Waals surface area (Å²) in [5.74, 6) is -0.600. The van der Waals surface area contributed by atoms with Crippen LogP contribution in [0.15, 0.2) is 40.9 Å². The fraction of sp³-hybridized carbons (Fsp3) is 0. The Bertz CT molecular complexity index is 649. The fourth-order valence-electron chi connectivity index (χ4n) is 1.46. The van der Waals surface area contributed by atoms with Crippen molar-refractivity contribution in [2.75, 3.05) is 5.32 Å². The van der Waals surface area contributed by atoms with Gasteiger partial charge in [0.1, 0.15) is 5.82 Å². The molecular formula is C13H7BrFI2NO. The maximum Gasteiger partial charge on any atom is 0.256 e. The molecule has 0 saturated heterocycles. The van der Waals surface area contributed by atoms with Gasteiger partial charge in [-0.05, 0) is 75.5 Å². The number of rotatable bonds is 2. The Morgan fingerprint density at radius 2 is 1.95 bits per heavy atom. The highest BCUT2D eigenvalue weighted by atomic mass is 127. The Balaban J connectivity index is 2.31. The van der Waals surface area contributed by atoms with E-state index in [0.29, 0.717) is 14.8 Å². The summed E-state index contributed by atoms with van der Waals surface area (Å²) in [5, 5.41) is 2.72. The van der Waals surface area contributed by atoms with E-state index in [1.165, 1.54) is 6.07 Å². The zero-order valence-electron chi connectivity index (χ0n) is 9.38. The van der Waals surface area contributed by atoms with Gasteiger partial charge in [0, 0.05) is 8.04 Å². The summed E-state index contributed by atoms with van der Waals surface area (Å²) in [4.78, 5) is 12.2. The SMILES string of the molecule is O=C(Nc1cccc(F)c1I)c1cc(Br)ccc1I. The van der Waals surface area contributed by atoms with Gasteiger partial charge in [0.05, 0.1) is 14.8 Å². The van der Waals surface area contributed by atoms with Crippen LogP contribution in [0.4, 0.5) is 10.1 Å². The van der Waals surface area contributed by atoms with E-state index in [4.69, 9.17) is 0 Å². The molecule has 0 radical (unpaired) electrons. The Kier molecular flexibility index (Phi) is 5.18. The standard InChI is InChI=1S/C13H7BrFI2NO/c14-7-4-5-10(16)8(6-7)13(19)18-11-3-1-2-9(15)12(11)17/h1-6H,(H,18,19). The number of anilines is 1. The second-order valence-corrected chi connectivity index (χ2v) is 6.84. The number of nitrogens with one attached hydrogen (secondary N) is 1. The molecule has 1 N–H and O–H groups in total. The van der Waals surface area contributed by atoms with Crippen LogP contribution in [0.5, 0.6) is 0 Å². The maximum atomic E-state index is 13.4. The molecule has 0 aliphatic carbocycles. The van der Waals surface area contributed by atoms with Crippen molar-refractivity contribution in [3.05, 3.63) is 59.4 Å². The first-order chi connectivity index (χ1) is 8.99. The Morgan fingerprint density at radius 1 is 1.21 bits per heavy atom. The summed E-state index contributed by atoms with van der Waals surface area (Å²) in [6, 6.07) is 10.1. The Morgan fingerprint density at radius 3 is 2.68 bits per heavy atom. The predicted octanol–water partition coefficient (Wildman–Crippen LogP) is 5.05. The molecule has 1 amide bonds. The lowest BCUT2D eigenvalue weighted by Crippen LogP contribution is -2.14.